The topological polar surface area (TPSA) is 49.8 Å². The monoisotopic (exact) mass is 297 g/mol. The number of aliphatic hydroxyl groups excluding tert-OH is 1. The number of benzene rings is 1. The molecule has 1 N–H and O–H groups in total. The van der Waals surface area contributed by atoms with Crippen LogP contribution in [0.3, 0.4) is 0 Å². The fourth-order valence-electron chi connectivity index (χ4n) is 2.53. The number of halogens is 1. The van der Waals surface area contributed by atoms with Crippen LogP contribution in [0.15, 0.2) is 24.3 Å². The first-order valence-electron chi connectivity index (χ1n) is 6.90. The van der Waals surface area contributed by atoms with Crippen LogP contribution in [0.25, 0.3) is 0 Å². The Balaban J connectivity index is 1.87. The van der Waals surface area contributed by atoms with Gasteiger partial charge in [0.15, 0.2) is 6.61 Å². The van der Waals surface area contributed by atoms with E-state index in [-0.39, 0.29) is 18.6 Å². The maximum atomic E-state index is 12.1. The van der Waals surface area contributed by atoms with Gasteiger partial charge in [-0.1, -0.05) is 30.5 Å². The van der Waals surface area contributed by atoms with Crippen molar-refractivity contribution in [3.8, 4) is 5.75 Å². The summed E-state index contributed by atoms with van der Waals surface area (Å²) in [4.78, 5) is 13.7. The van der Waals surface area contributed by atoms with E-state index in [0.717, 1.165) is 25.7 Å². The summed E-state index contributed by atoms with van der Waals surface area (Å²) in [6.07, 6.45) is 3.26. The average molecular weight is 298 g/mol. The molecule has 1 fully saturated rings. The lowest BCUT2D eigenvalue weighted by atomic mass is 9.91. The summed E-state index contributed by atoms with van der Waals surface area (Å²) in [6, 6.07) is 6.86. The molecule has 0 aliphatic heterocycles. The number of carbonyl (C=O) groups excluding carboxylic acids is 1. The fraction of sp³-hybridized carbons (Fsp3) is 0.533. The van der Waals surface area contributed by atoms with Gasteiger partial charge in [0.1, 0.15) is 5.75 Å². The second-order valence-electron chi connectivity index (χ2n) is 5.17. The van der Waals surface area contributed by atoms with E-state index < -0.39 is 6.10 Å². The highest BCUT2D eigenvalue weighted by Gasteiger charge is 2.29. The highest BCUT2D eigenvalue weighted by atomic mass is 35.5. The molecular weight excluding hydrogens is 278 g/mol. The Morgan fingerprint density at radius 2 is 2.20 bits per heavy atom. The molecule has 1 aliphatic rings. The molecule has 1 amide bonds. The number of nitrogens with zero attached hydrogens (tertiary/aromatic N) is 1. The molecule has 20 heavy (non-hydrogen) atoms. The van der Waals surface area contributed by atoms with E-state index in [1.54, 1.807) is 36.2 Å². The molecule has 1 saturated carbocycles. The average Bonchev–Trinajstić information content (AvgIpc) is 2.44. The van der Waals surface area contributed by atoms with Gasteiger partial charge in [0.25, 0.3) is 5.91 Å². The van der Waals surface area contributed by atoms with E-state index in [0.29, 0.717) is 10.8 Å². The van der Waals surface area contributed by atoms with E-state index in [4.69, 9.17) is 16.3 Å². The van der Waals surface area contributed by atoms with Gasteiger partial charge in [-0.2, -0.15) is 0 Å². The number of carbonyl (C=O) groups is 1. The van der Waals surface area contributed by atoms with Gasteiger partial charge in [-0.25, -0.2) is 0 Å². The SMILES string of the molecule is CN(C(=O)COc1cccc(Cl)c1)C1CCCCC1O. The van der Waals surface area contributed by atoms with Gasteiger partial charge in [0, 0.05) is 12.1 Å². The van der Waals surface area contributed by atoms with Crippen LogP contribution in [0.1, 0.15) is 25.7 Å². The molecule has 1 aromatic carbocycles. The summed E-state index contributed by atoms with van der Waals surface area (Å²) >= 11 is 5.86. The number of ether oxygens (including phenoxy) is 1. The van der Waals surface area contributed by atoms with Crippen molar-refractivity contribution in [2.75, 3.05) is 13.7 Å². The first kappa shape index (κ1) is 15.1. The summed E-state index contributed by atoms with van der Waals surface area (Å²) in [5.74, 6) is 0.444. The van der Waals surface area contributed by atoms with E-state index in [1.165, 1.54) is 0 Å². The summed E-state index contributed by atoms with van der Waals surface area (Å²) in [5, 5.41) is 10.5. The van der Waals surface area contributed by atoms with Crippen LogP contribution in [0, 0.1) is 0 Å². The minimum atomic E-state index is -0.427. The third kappa shape index (κ3) is 3.87. The van der Waals surface area contributed by atoms with Gasteiger partial charge >= 0.3 is 0 Å². The van der Waals surface area contributed by atoms with Crippen molar-refractivity contribution in [3.05, 3.63) is 29.3 Å². The van der Waals surface area contributed by atoms with Crippen LogP contribution in [0.2, 0.25) is 5.02 Å². The zero-order chi connectivity index (χ0) is 14.5. The fourth-order valence-corrected chi connectivity index (χ4v) is 2.71. The zero-order valence-electron chi connectivity index (χ0n) is 11.6. The highest BCUT2D eigenvalue weighted by molar-refractivity contribution is 6.30. The van der Waals surface area contributed by atoms with Crippen molar-refractivity contribution in [2.24, 2.45) is 0 Å². The first-order valence-corrected chi connectivity index (χ1v) is 7.28. The third-order valence-electron chi connectivity index (χ3n) is 3.74. The van der Waals surface area contributed by atoms with Crippen LogP contribution in [-0.2, 0) is 4.79 Å². The predicted octanol–water partition coefficient (Wildman–Crippen LogP) is 2.48. The van der Waals surface area contributed by atoms with Gasteiger partial charge in [-0.05, 0) is 31.0 Å². The number of hydrogen-bond donors (Lipinski definition) is 1. The van der Waals surface area contributed by atoms with E-state index >= 15 is 0 Å². The molecule has 1 aromatic rings. The highest BCUT2D eigenvalue weighted by Crippen LogP contribution is 2.23. The molecule has 4 nitrogen and oxygen atoms in total. The van der Waals surface area contributed by atoms with Crippen molar-refractivity contribution < 1.29 is 14.6 Å². The Morgan fingerprint density at radius 1 is 1.45 bits per heavy atom. The molecular formula is C15H20ClNO3. The van der Waals surface area contributed by atoms with Crippen LogP contribution in [0.4, 0.5) is 0 Å². The molecule has 0 spiro atoms. The molecule has 1 aliphatic carbocycles. The van der Waals surface area contributed by atoms with Gasteiger partial charge in [0.05, 0.1) is 12.1 Å². The van der Waals surface area contributed by atoms with E-state index in [1.807, 2.05) is 0 Å². The quantitative estimate of drug-likeness (QED) is 0.929. The second-order valence-corrected chi connectivity index (χ2v) is 5.61. The first-order chi connectivity index (χ1) is 9.58. The maximum Gasteiger partial charge on any atom is 0.260 e. The third-order valence-corrected chi connectivity index (χ3v) is 3.98. The summed E-state index contributed by atoms with van der Waals surface area (Å²) in [7, 11) is 1.73. The van der Waals surface area contributed by atoms with Crippen LogP contribution >= 0.6 is 11.6 Å². The predicted molar refractivity (Wildman–Crippen MR) is 78.0 cm³/mol. The van der Waals surface area contributed by atoms with Gasteiger partial charge in [-0.15, -0.1) is 0 Å². The van der Waals surface area contributed by atoms with Gasteiger partial charge in [0.2, 0.25) is 0 Å². The van der Waals surface area contributed by atoms with Crippen molar-refractivity contribution >= 4 is 17.5 Å². The van der Waals surface area contributed by atoms with Crippen molar-refractivity contribution in [1.82, 2.24) is 4.90 Å². The van der Waals surface area contributed by atoms with Crippen LogP contribution in [-0.4, -0.2) is 41.7 Å². The van der Waals surface area contributed by atoms with E-state index in [2.05, 4.69) is 0 Å². The molecule has 0 bridgehead atoms. The lowest BCUT2D eigenvalue weighted by Crippen LogP contribution is -2.47. The Hall–Kier alpha value is -1.26. The number of rotatable bonds is 4. The van der Waals surface area contributed by atoms with Crippen molar-refractivity contribution in [2.45, 2.75) is 37.8 Å². The van der Waals surface area contributed by atoms with E-state index in [9.17, 15) is 9.90 Å². The molecule has 110 valence electrons. The molecule has 2 atom stereocenters. The van der Waals surface area contributed by atoms with Gasteiger partial charge < -0.3 is 14.7 Å². The van der Waals surface area contributed by atoms with Gasteiger partial charge in [-0.3, -0.25) is 4.79 Å². The second kappa shape index (κ2) is 6.95. The minimum Gasteiger partial charge on any atom is -0.484 e. The summed E-state index contributed by atoms with van der Waals surface area (Å²) in [6.45, 7) is -0.0416. The molecule has 5 heteroatoms. The number of hydrogen-bond acceptors (Lipinski definition) is 3. The van der Waals surface area contributed by atoms with Crippen LogP contribution < -0.4 is 4.74 Å². The smallest absolute Gasteiger partial charge is 0.260 e. The molecule has 0 radical (unpaired) electrons. The van der Waals surface area contributed by atoms with Crippen LogP contribution in [0.5, 0.6) is 5.75 Å². The molecule has 2 rings (SSSR count). The Labute approximate surface area is 124 Å². The van der Waals surface area contributed by atoms with Crippen molar-refractivity contribution in [1.29, 1.82) is 0 Å². The maximum absolute atomic E-state index is 12.1. The summed E-state index contributed by atoms with van der Waals surface area (Å²) < 4.78 is 5.44. The molecule has 0 heterocycles. The Kier molecular flexibility index (Phi) is 5.26. The number of aliphatic hydroxyl groups is 1. The number of amides is 1. The molecule has 2 unspecified atom stereocenters. The minimum absolute atomic E-state index is 0.0416. The standard InChI is InChI=1S/C15H20ClNO3/c1-17(13-7-2-3-8-14(13)18)15(19)10-20-12-6-4-5-11(16)9-12/h4-6,9,13-14,18H,2-3,7-8,10H2,1H3. The Morgan fingerprint density at radius 3 is 2.90 bits per heavy atom. The lowest BCUT2D eigenvalue weighted by molar-refractivity contribution is -0.137. The van der Waals surface area contributed by atoms with Crippen molar-refractivity contribution in [3.63, 3.8) is 0 Å². The number of likely N-dealkylation sites (N-methyl/N-ethyl adjacent to an activating group) is 1. The largest absolute Gasteiger partial charge is 0.484 e. The molecule has 0 saturated heterocycles. The summed E-state index contributed by atoms with van der Waals surface area (Å²) in [5.41, 5.74) is 0. The zero-order valence-corrected chi connectivity index (χ0v) is 12.3. The normalized spacial score (nSPS) is 22.4. The molecule has 0 aromatic heterocycles. The Bertz CT molecular complexity index is 466. The lowest BCUT2D eigenvalue weighted by Gasteiger charge is -2.35.